The molecule has 3 atom stereocenters. The zero-order valence-electron chi connectivity index (χ0n) is 21.3. The van der Waals surface area contributed by atoms with Gasteiger partial charge in [0.2, 0.25) is 5.91 Å². The van der Waals surface area contributed by atoms with Gasteiger partial charge in [-0.25, -0.2) is 0 Å². The quantitative estimate of drug-likeness (QED) is 0.444. The molecule has 0 bridgehead atoms. The van der Waals surface area contributed by atoms with Gasteiger partial charge in [0.25, 0.3) is 0 Å². The first-order valence-corrected chi connectivity index (χ1v) is 11.8. The van der Waals surface area contributed by atoms with Gasteiger partial charge < -0.3 is 31.3 Å². The van der Waals surface area contributed by atoms with Crippen molar-refractivity contribution in [1.82, 2.24) is 5.32 Å². The molecule has 1 amide bonds. The summed E-state index contributed by atoms with van der Waals surface area (Å²) < 4.78 is 0. The molecule has 0 spiro atoms. The fourth-order valence-electron chi connectivity index (χ4n) is 5.27. The van der Waals surface area contributed by atoms with E-state index in [1.807, 2.05) is 53.0 Å². The van der Waals surface area contributed by atoms with Gasteiger partial charge in [-0.3, -0.25) is 9.59 Å². The number of amides is 1. The predicted molar refractivity (Wildman–Crippen MR) is 135 cm³/mol. The second-order valence-electron chi connectivity index (χ2n) is 9.14. The van der Waals surface area contributed by atoms with E-state index in [1.54, 1.807) is 6.92 Å². The van der Waals surface area contributed by atoms with Gasteiger partial charge >= 0.3 is 0 Å². The van der Waals surface area contributed by atoms with E-state index in [1.165, 1.54) is 0 Å². The predicted octanol–water partition coefficient (Wildman–Crippen LogP) is 3.37. The lowest BCUT2D eigenvalue weighted by Gasteiger charge is -2.42. The minimum atomic E-state index is -0.716. The first-order chi connectivity index (χ1) is 16.0. The Balaban J connectivity index is 0.000000758. The number of aliphatic hydroxyl groups excluding tert-OH is 2. The summed E-state index contributed by atoms with van der Waals surface area (Å²) in [5.74, 6) is -1.92. The second-order valence-corrected chi connectivity index (χ2v) is 9.14. The molecule has 1 aromatic rings. The summed E-state index contributed by atoms with van der Waals surface area (Å²) in [6, 6.07) is 1.88. The number of benzene rings is 1. The van der Waals surface area contributed by atoms with E-state index in [4.69, 9.17) is 5.73 Å². The Morgan fingerprint density at radius 3 is 2.24 bits per heavy atom. The number of primary amides is 1. The molecule has 1 saturated carbocycles. The van der Waals surface area contributed by atoms with Crippen molar-refractivity contribution in [2.24, 2.45) is 23.5 Å². The van der Waals surface area contributed by atoms with Crippen LogP contribution in [0.15, 0.2) is 23.0 Å². The zero-order chi connectivity index (χ0) is 25.9. The molecular weight excluding hydrogens is 434 g/mol. The van der Waals surface area contributed by atoms with Gasteiger partial charge in [0.1, 0.15) is 17.3 Å². The lowest BCUT2D eigenvalue weighted by atomic mass is 9.61. The van der Waals surface area contributed by atoms with Crippen LogP contribution in [0.1, 0.15) is 49.8 Å². The summed E-state index contributed by atoms with van der Waals surface area (Å²) in [4.78, 5) is 26.9. The number of aryl methyl sites for hydroxylation is 1. The van der Waals surface area contributed by atoms with Gasteiger partial charge in [-0.05, 0) is 69.3 Å². The van der Waals surface area contributed by atoms with Crippen molar-refractivity contribution < 1.29 is 24.9 Å². The topological polar surface area (TPSA) is 136 Å². The molecule has 8 heteroatoms. The summed E-state index contributed by atoms with van der Waals surface area (Å²) in [5, 5.41) is 34.7. The molecule has 1 aromatic carbocycles. The Labute approximate surface area is 202 Å². The van der Waals surface area contributed by atoms with Gasteiger partial charge in [-0.1, -0.05) is 13.8 Å². The molecule has 1 fully saturated rings. The number of fused-ring (bicyclic) bond motifs is 3. The number of aliphatic hydroxyl groups is 2. The lowest BCUT2D eigenvalue weighted by Crippen LogP contribution is -2.41. The number of aromatic hydroxyl groups is 1. The second kappa shape index (κ2) is 11.0. The molecule has 0 saturated heterocycles. The van der Waals surface area contributed by atoms with Crippen molar-refractivity contribution in [3.63, 3.8) is 0 Å². The molecule has 0 heterocycles. The van der Waals surface area contributed by atoms with Crippen LogP contribution >= 0.6 is 0 Å². The van der Waals surface area contributed by atoms with E-state index < -0.39 is 11.8 Å². The average Bonchev–Trinajstić information content (AvgIpc) is 2.77. The number of carbonyl (C=O) groups is 2. The van der Waals surface area contributed by atoms with Crippen molar-refractivity contribution >= 4 is 23.1 Å². The van der Waals surface area contributed by atoms with Crippen molar-refractivity contribution in [2.45, 2.75) is 46.5 Å². The van der Waals surface area contributed by atoms with Crippen molar-refractivity contribution in [2.75, 3.05) is 33.1 Å². The molecule has 188 valence electrons. The summed E-state index contributed by atoms with van der Waals surface area (Å²) >= 11 is 0. The number of phenols is 1. The molecule has 3 unspecified atom stereocenters. The van der Waals surface area contributed by atoms with Crippen LogP contribution in [0.4, 0.5) is 5.69 Å². The number of carbonyl (C=O) groups excluding carboxylic acids is 2. The van der Waals surface area contributed by atoms with Crippen molar-refractivity contribution in [1.29, 1.82) is 0 Å². The van der Waals surface area contributed by atoms with Gasteiger partial charge in [-0.2, -0.15) is 0 Å². The number of nitrogens with two attached hydrogens (primary N) is 1. The summed E-state index contributed by atoms with van der Waals surface area (Å²) in [6.45, 7) is 5.76. The Kier molecular flexibility index (Phi) is 8.78. The molecule has 0 aromatic heterocycles. The maximum Gasteiger partial charge on any atom is 0.248 e. The van der Waals surface area contributed by atoms with E-state index in [0.717, 1.165) is 11.3 Å². The van der Waals surface area contributed by atoms with Gasteiger partial charge in [0.05, 0.1) is 11.1 Å². The fraction of sp³-hybridized carbons (Fsp3) is 0.538. The zero-order valence-corrected chi connectivity index (χ0v) is 21.3. The average molecular weight is 474 g/mol. The highest BCUT2D eigenvalue weighted by molar-refractivity contribution is 6.07. The molecule has 4 rings (SSSR count). The number of allylic oxidation sites excluding steroid dienone is 2. The van der Waals surface area contributed by atoms with Crippen LogP contribution in [-0.4, -0.2) is 55.2 Å². The van der Waals surface area contributed by atoms with Crippen LogP contribution < -0.4 is 16.0 Å². The van der Waals surface area contributed by atoms with E-state index in [0.29, 0.717) is 29.5 Å². The van der Waals surface area contributed by atoms with Crippen LogP contribution in [-0.2, 0) is 16.0 Å². The summed E-state index contributed by atoms with van der Waals surface area (Å²) in [7, 11) is 7.56. The Morgan fingerprint density at radius 2 is 1.71 bits per heavy atom. The normalized spacial score (nSPS) is 22.9. The molecule has 3 aliphatic rings. The van der Waals surface area contributed by atoms with E-state index >= 15 is 0 Å². The SMILES string of the molecule is CC.CNC.Cc1cc(N(C)C)c2c(c1O)C(O)=C1C(=O)C3CC(C(N)=O)=C(O)CC3CC1C2. The highest BCUT2D eigenvalue weighted by Crippen LogP contribution is 2.52. The van der Waals surface area contributed by atoms with E-state index in [-0.39, 0.29) is 53.3 Å². The fourth-order valence-corrected chi connectivity index (χ4v) is 5.27. The number of ketones is 1. The molecule has 0 radical (unpaired) electrons. The number of Topliss-reactive ketones (excluding diaryl/α,β-unsaturated/α-hetero) is 1. The monoisotopic (exact) mass is 473 g/mol. The smallest absolute Gasteiger partial charge is 0.248 e. The van der Waals surface area contributed by atoms with Gasteiger partial charge in [-0.15, -0.1) is 0 Å². The van der Waals surface area contributed by atoms with Gasteiger partial charge in [0, 0.05) is 37.7 Å². The molecule has 8 nitrogen and oxygen atoms in total. The minimum absolute atomic E-state index is 0.0111. The Bertz CT molecular complexity index is 1030. The number of nitrogens with one attached hydrogen (secondary N) is 1. The lowest BCUT2D eigenvalue weighted by molar-refractivity contribution is -0.124. The van der Waals surface area contributed by atoms with Gasteiger partial charge in [0.15, 0.2) is 5.78 Å². The molecular formula is C26H39N3O5. The van der Waals surface area contributed by atoms with Crippen LogP contribution in [0, 0.1) is 24.7 Å². The number of hydrogen-bond acceptors (Lipinski definition) is 7. The number of nitrogens with zero attached hydrogens (tertiary/aromatic N) is 1. The highest BCUT2D eigenvalue weighted by atomic mass is 16.3. The molecule has 0 aliphatic heterocycles. The first-order valence-electron chi connectivity index (χ1n) is 11.8. The number of phenolic OH excluding ortho intramolecular Hbond substituents is 1. The summed E-state index contributed by atoms with van der Waals surface area (Å²) in [5.41, 5.74) is 8.47. The number of anilines is 1. The van der Waals surface area contributed by atoms with Crippen LogP contribution in [0.3, 0.4) is 0 Å². The van der Waals surface area contributed by atoms with Crippen molar-refractivity contribution in [3.8, 4) is 5.75 Å². The maximum absolute atomic E-state index is 13.3. The van der Waals surface area contributed by atoms with Crippen molar-refractivity contribution in [3.05, 3.63) is 39.7 Å². The van der Waals surface area contributed by atoms with E-state index in [9.17, 15) is 24.9 Å². The number of hydrogen-bond donors (Lipinski definition) is 5. The third kappa shape index (κ3) is 4.78. The molecule has 34 heavy (non-hydrogen) atoms. The van der Waals surface area contributed by atoms with Crippen LogP contribution in [0.5, 0.6) is 5.75 Å². The largest absolute Gasteiger partial charge is 0.512 e. The molecule has 3 aliphatic carbocycles. The highest BCUT2D eigenvalue weighted by Gasteiger charge is 2.48. The standard InChI is InChI=1S/C22H26N2O5.C2H7N.C2H6/c1-9-4-15(24(2)3)13-6-11-5-10-7-16(25)14(22(23)29)8-12(10)20(27)17(11)21(28)18(13)19(9)26;1-3-2;1-2/h4,10-12,25-26,28H,5-8H2,1-3H3,(H2,23,29);3H,1-2H3;1-2H3. The maximum atomic E-state index is 13.3. The van der Waals surface area contributed by atoms with Crippen LogP contribution in [0.2, 0.25) is 0 Å². The summed E-state index contributed by atoms with van der Waals surface area (Å²) in [6.07, 6.45) is 1.47. The number of rotatable bonds is 2. The molecule has 6 N–H and O–H groups in total. The third-order valence-electron chi connectivity index (χ3n) is 6.69. The van der Waals surface area contributed by atoms with Crippen LogP contribution in [0.25, 0.3) is 5.76 Å². The minimum Gasteiger partial charge on any atom is -0.512 e. The Morgan fingerprint density at radius 1 is 1.12 bits per heavy atom. The first kappa shape index (κ1) is 27.2. The third-order valence-corrected chi connectivity index (χ3v) is 6.69. The van der Waals surface area contributed by atoms with E-state index in [2.05, 4.69) is 5.32 Å². The Hall–Kier alpha value is -3.00.